The van der Waals surface area contributed by atoms with Crippen LogP contribution in [0.5, 0.6) is 0 Å². The van der Waals surface area contributed by atoms with Gasteiger partial charge in [-0.25, -0.2) is 0 Å². The first kappa shape index (κ1) is 12.6. The maximum Gasteiger partial charge on any atom is 0.143 e. The van der Waals surface area contributed by atoms with Crippen molar-refractivity contribution in [1.29, 1.82) is 0 Å². The Labute approximate surface area is 286 Å². The maximum atomic E-state index is 9.80. The van der Waals surface area contributed by atoms with Gasteiger partial charge in [-0.3, -0.25) is 0 Å². The van der Waals surface area contributed by atoms with Crippen molar-refractivity contribution in [3.8, 4) is 22.3 Å². The van der Waals surface area contributed by atoms with Crippen molar-refractivity contribution in [2.24, 2.45) is 0 Å². The zero-order valence-corrected chi connectivity index (χ0v) is 22.9. The summed E-state index contributed by atoms with van der Waals surface area (Å²) in [4.78, 5) is 0. The molecule has 0 unspecified atom stereocenters. The third-order valence-corrected chi connectivity index (χ3v) is 8.25. The third kappa shape index (κ3) is 3.44. The third-order valence-electron chi connectivity index (χ3n) is 8.25. The summed E-state index contributed by atoms with van der Waals surface area (Å²) >= 11 is 0. The van der Waals surface area contributed by atoms with E-state index < -0.39 is 137 Å². The summed E-state index contributed by atoms with van der Waals surface area (Å²) in [5, 5.41) is -1.98. The van der Waals surface area contributed by atoms with E-state index in [0.717, 1.165) is 0 Å². The lowest BCUT2D eigenvalue weighted by molar-refractivity contribution is 0.673. The largest absolute Gasteiger partial charge is 0.455 e. The van der Waals surface area contributed by atoms with Gasteiger partial charge in [0.15, 0.2) is 0 Å². The van der Waals surface area contributed by atoms with E-state index in [4.69, 9.17) is 20.9 Å². The Morgan fingerprint density at radius 1 is 0.378 bits per heavy atom. The first-order valence-corrected chi connectivity index (χ1v) is 14.0. The summed E-state index contributed by atoms with van der Waals surface area (Å²) in [6.45, 7) is 0. The molecule has 0 spiro atoms. The highest BCUT2D eigenvalue weighted by atomic mass is 16.3. The molecule has 0 radical (unpaired) electrons. The Hall–Kier alpha value is -5.92. The predicted molar refractivity (Wildman–Crippen MR) is 192 cm³/mol. The summed E-state index contributed by atoms with van der Waals surface area (Å²) in [5.74, 6) is 0. The lowest BCUT2D eigenvalue weighted by Gasteiger charge is -2.20. The van der Waals surface area contributed by atoms with Crippen LogP contribution in [0.2, 0.25) is 0 Å². The molecular weight excluding hydrogens is 544 g/mol. The molecular formula is C44H26O. The average Bonchev–Trinajstić information content (AvgIpc) is 3.68. The van der Waals surface area contributed by atoms with E-state index in [0.29, 0.717) is 16.3 Å². The van der Waals surface area contributed by atoms with Crippen molar-refractivity contribution in [2.45, 2.75) is 0 Å². The molecule has 1 aromatic heterocycles. The van der Waals surface area contributed by atoms with Crippen molar-refractivity contribution < 1.29 is 30.5 Å². The summed E-state index contributed by atoms with van der Waals surface area (Å²) in [5.41, 5.74) is -1.45. The molecule has 0 aliphatic carbocycles. The monoisotopic (exact) mass is 589 g/mol. The van der Waals surface area contributed by atoms with Crippen LogP contribution < -0.4 is 0 Å². The van der Waals surface area contributed by atoms with Crippen molar-refractivity contribution in [3.05, 3.63) is 157 Å². The van der Waals surface area contributed by atoms with Crippen LogP contribution in [0.15, 0.2) is 162 Å². The van der Waals surface area contributed by atoms with Gasteiger partial charge >= 0.3 is 0 Å². The quantitative estimate of drug-likeness (QED) is 0.144. The van der Waals surface area contributed by atoms with Gasteiger partial charge in [-0.05, 0) is 82.8 Å². The van der Waals surface area contributed by atoms with Crippen LogP contribution in [0.3, 0.4) is 0 Å². The second-order valence-corrected chi connectivity index (χ2v) is 10.5. The Morgan fingerprint density at radius 3 is 1.89 bits per heavy atom. The minimum atomic E-state index is -0.800. The summed E-state index contributed by atoms with van der Waals surface area (Å²) in [7, 11) is 0. The first-order valence-electron chi connectivity index (χ1n) is 23.5. The van der Waals surface area contributed by atoms with E-state index in [1.165, 1.54) is 0 Å². The number of benzene rings is 9. The molecule has 0 amide bonds. The van der Waals surface area contributed by atoms with Gasteiger partial charge in [0.2, 0.25) is 0 Å². The molecule has 208 valence electrons. The van der Waals surface area contributed by atoms with Crippen LogP contribution in [0, 0.1) is 0 Å². The van der Waals surface area contributed by atoms with Gasteiger partial charge in [0, 0.05) is 16.2 Å². The second-order valence-electron chi connectivity index (χ2n) is 10.5. The Bertz CT molecular complexity index is 3890. The number of hydrogen-bond donors (Lipinski definition) is 0. The standard InChI is InChI=1S/C44H26O/c1-4-15-30-27(11-1)14-9-20-33(30)43-35-19-8-7-18-34(35)40(37-25-23-28-12-2-5-16-31(28)42(37)43)36-21-10-22-39-41(36)38-26-24-29-13-3-6-17-32(29)44(38)45-39/h1-26H/i2D,3D,5D,6D,7D,8D,10D,12D,13D,16D,17D,18D,19D,21D,22D,23D,24D,25D,26D. The highest BCUT2D eigenvalue weighted by Crippen LogP contribution is 2.50. The highest BCUT2D eigenvalue weighted by molar-refractivity contribution is 6.32. The molecule has 1 heterocycles. The van der Waals surface area contributed by atoms with Gasteiger partial charge in [0.1, 0.15) is 11.2 Å². The van der Waals surface area contributed by atoms with Crippen molar-refractivity contribution in [3.63, 3.8) is 0 Å². The molecule has 0 N–H and O–H groups in total. The van der Waals surface area contributed by atoms with Gasteiger partial charge in [0.05, 0.1) is 26.0 Å². The van der Waals surface area contributed by atoms with Gasteiger partial charge in [0.25, 0.3) is 0 Å². The van der Waals surface area contributed by atoms with Crippen LogP contribution >= 0.6 is 0 Å². The molecule has 1 heteroatoms. The Kier molecular flexibility index (Phi) is 2.60. The maximum absolute atomic E-state index is 9.80. The molecule has 10 rings (SSSR count). The number of rotatable bonds is 2. The van der Waals surface area contributed by atoms with E-state index in [-0.39, 0.29) is 59.4 Å². The predicted octanol–water partition coefficient (Wildman–Crippen LogP) is 12.7. The molecule has 0 aliphatic heterocycles. The molecule has 0 bridgehead atoms. The van der Waals surface area contributed by atoms with Crippen LogP contribution in [-0.2, 0) is 0 Å². The molecule has 10 aromatic rings. The van der Waals surface area contributed by atoms with Crippen LogP contribution in [-0.4, -0.2) is 0 Å². The van der Waals surface area contributed by atoms with Crippen molar-refractivity contribution in [2.75, 3.05) is 0 Å². The van der Waals surface area contributed by atoms with Crippen LogP contribution in [0.4, 0.5) is 0 Å². The Morgan fingerprint density at radius 2 is 1.04 bits per heavy atom. The summed E-state index contributed by atoms with van der Waals surface area (Å²) < 4.78 is 179. The fourth-order valence-electron chi connectivity index (χ4n) is 6.40. The van der Waals surface area contributed by atoms with E-state index in [1.807, 2.05) is 0 Å². The second kappa shape index (κ2) is 9.29. The van der Waals surface area contributed by atoms with Crippen LogP contribution in [0.25, 0.3) is 98.1 Å². The lowest BCUT2D eigenvalue weighted by Crippen LogP contribution is -1.93. The SMILES string of the molecule is [2H]c1c([2H])c(-c2c3c([2H])c([2H])c([2H])c([2H])c3c(-c3cccc4ccccc34)c3c2c([2H])c([2H])c2c([2H])c([2H])c([2H])c([2H])c23)c2c(oc3c4c([2H])c([2H])c([2H])c([2H])c4c([2H])c([2H])c32)c1[2H]. The van der Waals surface area contributed by atoms with Crippen LogP contribution in [0.1, 0.15) is 26.0 Å². The van der Waals surface area contributed by atoms with E-state index in [9.17, 15) is 9.60 Å². The van der Waals surface area contributed by atoms with Gasteiger partial charge in [-0.2, -0.15) is 0 Å². The normalized spacial score (nSPS) is 17.9. The minimum absolute atomic E-state index is 0.000677. The summed E-state index contributed by atoms with van der Waals surface area (Å²) in [6, 6.07) is -1.14. The fourth-order valence-corrected chi connectivity index (χ4v) is 6.40. The lowest BCUT2D eigenvalue weighted by atomic mass is 9.82. The molecule has 0 aliphatic rings. The fraction of sp³-hybridized carbons (Fsp3) is 0. The molecule has 45 heavy (non-hydrogen) atoms. The number of fused-ring (bicyclic) bond motifs is 10. The highest BCUT2D eigenvalue weighted by Gasteiger charge is 2.22. The first-order chi connectivity index (χ1) is 30.3. The molecule has 0 atom stereocenters. The summed E-state index contributed by atoms with van der Waals surface area (Å²) in [6.07, 6.45) is 0. The van der Waals surface area contributed by atoms with E-state index >= 15 is 0 Å². The van der Waals surface area contributed by atoms with E-state index in [2.05, 4.69) is 0 Å². The zero-order valence-electron chi connectivity index (χ0n) is 41.9. The zero-order chi connectivity index (χ0) is 46.0. The molecule has 0 saturated carbocycles. The topological polar surface area (TPSA) is 13.1 Å². The molecule has 0 fully saturated rings. The van der Waals surface area contributed by atoms with Gasteiger partial charge in [-0.15, -0.1) is 0 Å². The minimum Gasteiger partial charge on any atom is -0.455 e. The van der Waals surface area contributed by atoms with Crippen molar-refractivity contribution >= 4 is 75.8 Å². The Balaban J connectivity index is 1.63. The van der Waals surface area contributed by atoms with E-state index in [1.54, 1.807) is 42.5 Å². The average molecular weight is 590 g/mol. The molecule has 1 nitrogen and oxygen atoms in total. The van der Waals surface area contributed by atoms with Gasteiger partial charge < -0.3 is 4.42 Å². The number of furan rings is 1. The molecule has 9 aromatic carbocycles. The molecule has 0 saturated heterocycles. The number of hydrogen-bond acceptors (Lipinski definition) is 1. The van der Waals surface area contributed by atoms with Gasteiger partial charge in [-0.1, -0.05) is 145 Å². The smallest absolute Gasteiger partial charge is 0.143 e. The van der Waals surface area contributed by atoms with Crippen molar-refractivity contribution in [1.82, 2.24) is 0 Å².